The molecule has 1 aromatic carbocycles. The minimum Gasteiger partial charge on any atom is -0.399 e. The lowest BCUT2D eigenvalue weighted by atomic mass is 10.3. The van der Waals surface area contributed by atoms with Gasteiger partial charge in [0.25, 0.3) is 0 Å². The standard InChI is InChI=1S/C8H10FNOS/c9-5-6-12(11)8-3-1-7(10)2-4-8/h1-4H,5-6,10H2. The second-order valence-corrected chi connectivity index (χ2v) is 3.88. The molecule has 0 saturated heterocycles. The first kappa shape index (κ1) is 9.19. The molecule has 0 aliphatic rings. The molecule has 0 spiro atoms. The van der Waals surface area contributed by atoms with Crippen LogP contribution in [0.4, 0.5) is 10.1 Å². The van der Waals surface area contributed by atoms with E-state index in [1.807, 2.05) is 0 Å². The Morgan fingerprint density at radius 2 is 1.92 bits per heavy atom. The number of anilines is 1. The predicted octanol–water partition coefficient (Wildman–Crippen LogP) is 1.35. The lowest BCUT2D eigenvalue weighted by Gasteiger charge is -1.98. The highest BCUT2D eigenvalue weighted by molar-refractivity contribution is 7.85. The summed E-state index contributed by atoms with van der Waals surface area (Å²) in [7, 11) is -1.22. The maximum absolute atomic E-state index is 11.8. The summed E-state index contributed by atoms with van der Waals surface area (Å²) >= 11 is 0. The third-order valence-electron chi connectivity index (χ3n) is 1.41. The fourth-order valence-electron chi connectivity index (χ4n) is 0.808. The molecule has 0 heterocycles. The van der Waals surface area contributed by atoms with E-state index in [1.54, 1.807) is 24.3 Å². The topological polar surface area (TPSA) is 43.1 Å². The van der Waals surface area contributed by atoms with Crippen molar-refractivity contribution in [3.05, 3.63) is 24.3 Å². The summed E-state index contributed by atoms with van der Waals surface area (Å²) in [5.41, 5.74) is 6.05. The van der Waals surface area contributed by atoms with Crippen LogP contribution in [-0.4, -0.2) is 16.6 Å². The molecule has 2 nitrogen and oxygen atoms in total. The van der Waals surface area contributed by atoms with E-state index in [9.17, 15) is 8.60 Å². The van der Waals surface area contributed by atoms with E-state index >= 15 is 0 Å². The molecular weight excluding hydrogens is 177 g/mol. The van der Waals surface area contributed by atoms with Gasteiger partial charge in [-0.25, -0.2) is 0 Å². The van der Waals surface area contributed by atoms with Crippen molar-refractivity contribution >= 4 is 16.5 Å². The highest BCUT2D eigenvalue weighted by atomic mass is 32.2. The SMILES string of the molecule is Nc1ccc(S(=O)CCF)cc1. The van der Waals surface area contributed by atoms with Gasteiger partial charge in [-0.2, -0.15) is 0 Å². The fraction of sp³-hybridized carbons (Fsp3) is 0.250. The number of alkyl halides is 1. The molecule has 4 heteroatoms. The first-order valence-electron chi connectivity index (χ1n) is 3.54. The number of hydrogen-bond acceptors (Lipinski definition) is 2. The highest BCUT2D eigenvalue weighted by Crippen LogP contribution is 2.09. The minimum absolute atomic E-state index is 0.0594. The zero-order chi connectivity index (χ0) is 8.97. The van der Waals surface area contributed by atoms with E-state index in [0.29, 0.717) is 10.6 Å². The Bertz CT molecular complexity index is 273. The van der Waals surface area contributed by atoms with E-state index in [-0.39, 0.29) is 5.75 Å². The first-order valence-corrected chi connectivity index (χ1v) is 4.86. The van der Waals surface area contributed by atoms with Crippen LogP contribution in [0.15, 0.2) is 29.2 Å². The van der Waals surface area contributed by atoms with E-state index < -0.39 is 17.5 Å². The molecule has 0 aliphatic heterocycles. The Balaban J connectivity index is 2.75. The van der Waals surface area contributed by atoms with Crippen LogP contribution in [0.5, 0.6) is 0 Å². The number of benzene rings is 1. The lowest BCUT2D eigenvalue weighted by Crippen LogP contribution is -1.99. The van der Waals surface area contributed by atoms with Crippen molar-refractivity contribution in [3.8, 4) is 0 Å². The Kier molecular flexibility index (Phi) is 3.22. The van der Waals surface area contributed by atoms with Gasteiger partial charge in [0.05, 0.1) is 16.6 Å². The van der Waals surface area contributed by atoms with E-state index in [4.69, 9.17) is 5.73 Å². The van der Waals surface area contributed by atoms with Crippen molar-refractivity contribution in [1.82, 2.24) is 0 Å². The summed E-state index contributed by atoms with van der Waals surface area (Å²) in [4.78, 5) is 0.627. The molecule has 0 aliphatic carbocycles. The number of nitrogen functional groups attached to an aromatic ring is 1. The summed E-state index contributed by atoms with van der Waals surface area (Å²) in [6.45, 7) is -0.559. The maximum atomic E-state index is 11.8. The largest absolute Gasteiger partial charge is 0.399 e. The third-order valence-corrected chi connectivity index (χ3v) is 2.73. The molecule has 12 heavy (non-hydrogen) atoms. The average Bonchev–Trinajstić information content (AvgIpc) is 2.06. The monoisotopic (exact) mass is 187 g/mol. The van der Waals surface area contributed by atoms with Crippen LogP contribution >= 0.6 is 0 Å². The number of halogens is 1. The van der Waals surface area contributed by atoms with Gasteiger partial charge in [0.1, 0.15) is 6.67 Å². The smallest absolute Gasteiger partial charge is 0.101 e. The van der Waals surface area contributed by atoms with Crippen LogP contribution in [0.2, 0.25) is 0 Å². The first-order chi connectivity index (χ1) is 5.74. The number of rotatable bonds is 3. The van der Waals surface area contributed by atoms with Crippen molar-refractivity contribution in [3.63, 3.8) is 0 Å². The van der Waals surface area contributed by atoms with Gasteiger partial charge in [-0.05, 0) is 24.3 Å². The van der Waals surface area contributed by atoms with Crippen LogP contribution in [0.3, 0.4) is 0 Å². The molecule has 2 N–H and O–H groups in total. The molecule has 66 valence electrons. The summed E-state index contributed by atoms with van der Waals surface area (Å²) in [5.74, 6) is 0.0594. The molecule has 0 saturated carbocycles. The Morgan fingerprint density at radius 1 is 1.33 bits per heavy atom. The van der Waals surface area contributed by atoms with Crippen LogP contribution in [-0.2, 0) is 10.8 Å². The Labute approximate surface area is 73.0 Å². The van der Waals surface area contributed by atoms with Crippen LogP contribution in [0, 0.1) is 0 Å². The predicted molar refractivity (Wildman–Crippen MR) is 48.1 cm³/mol. The number of hydrogen-bond donors (Lipinski definition) is 1. The summed E-state index contributed by atoms with van der Waals surface area (Å²) in [6.07, 6.45) is 0. The van der Waals surface area contributed by atoms with Crippen molar-refractivity contribution in [2.45, 2.75) is 4.90 Å². The second kappa shape index (κ2) is 4.21. The molecule has 1 aromatic rings. The quantitative estimate of drug-likeness (QED) is 0.726. The normalized spacial score (nSPS) is 12.8. The number of nitrogens with two attached hydrogens (primary N) is 1. The van der Waals surface area contributed by atoms with Gasteiger partial charge in [0, 0.05) is 10.6 Å². The van der Waals surface area contributed by atoms with Crippen LogP contribution in [0.1, 0.15) is 0 Å². The van der Waals surface area contributed by atoms with Crippen molar-refractivity contribution < 1.29 is 8.60 Å². The molecule has 0 aromatic heterocycles. The van der Waals surface area contributed by atoms with Gasteiger partial charge in [-0.15, -0.1) is 0 Å². The Morgan fingerprint density at radius 3 is 2.42 bits per heavy atom. The summed E-state index contributed by atoms with van der Waals surface area (Å²) in [6, 6.07) is 6.62. The van der Waals surface area contributed by atoms with Gasteiger partial charge in [0.15, 0.2) is 0 Å². The van der Waals surface area contributed by atoms with Gasteiger partial charge in [-0.3, -0.25) is 8.60 Å². The third kappa shape index (κ3) is 2.30. The highest BCUT2D eigenvalue weighted by Gasteiger charge is 2.01. The molecular formula is C8H10FNOS. The minimum atomic E-state index is -1.22. The molecule has 0 radical (unpaired) electrons. The van der Waals surface area contributed by atoms with Crippen LogP contribution < -0.4 is 5.73 Å². The lowest BCUT2D eigenvalue weighted by molar-refractivity contribution is 0.528. The molecule has 1 atom stereocenters. The molecule has 0 bridgehead atoms. The molecule has 1 rings (SSSR count). The zero-order valence-electron chi connectivity index (χ0n) is 6.50. The van der Waals surface area contributed by atoms with Gasteiger partial charge < -0.3 is 5.73 Å². The summed E-state index contributed by atoms with van der Waals surface area (Å²) < 4.78 is 23.0. The van der Waals surface area contributed by atoms with E-state index in [1.165, 1.54) is 0 Å². The molecule has 1 unspecified atom stereocenters. The fourth-order valence-corrected chi connectivity index (χ4v) is 1.62. The Hall–Kier alpha value is -0.900. The van der Waals surface area contributed by atoms with Crippen molar-refractivity contribution in [1.29, 1.82) is 0 Å². The summed E-state index contributed by atoms with van der Waals surface area (Å²) in [5, 5.41) is 0. The molecule has 0 fully saturated rings. The second-order valence-electron chi connectivity index (χ2n) is 2.31. The van der Waals surface area contributed by atoms with E-state index in [2.05, 4.69) is 0 Å². The van der Waals surface area contributed by atoms with Crippen molar-refractivity contribution in [2.75, 3.05) is 18.2 Å². The molecule has 0 amide bonds. The maximum Gasteiger partial charge on any atom is 0.101 e. The van der Waals surface area contributed by atoms with Crippen LogP contribution in [0.25, 0.3) is 0 Å². The van der Waals surface area contributed by atoms with Gasteiger partial charge in [0.2, 0.25) is 0 Å². The van der Waals surface area contributed by atoms with Crippen molar-refractivity contribution in [2.24, 2.45) is 0 Å². The van der Waals surface area contributed by atoms with E-state index in [0.717, 1.165) is 0 Å². The van der Waals surface area contributed by atoms with Gasteiger partial charge >= 0.3 is 0 Å². The van der Waals surface area contributed by atoms with Gasteiger partial charge in [-0.1, -0.05) is 0 Å². The average molecular weight is 187 g/mol. The zero-order valence-corrected chi connectivity index (χ0v) is 7.31.